The second-order valence-corrected chi connectivity index (χ2v) is 20.9. The van der Waals surface area contributed by atoms with Crippen LogP contribution in [-0.2, 0) is 26.5 Å². The molecule has 325 valence electrons. The van der Waals surface area contributed by atoms with Crippen molar-refractivity contribution in [2.24, 2.45) is 0 Å². The Morgan fingerprint density at radius 1 is 0.438 bits per heavy atom. The van der Waals surface area contributed by atoms with Crippen LogP contribution in [0.2, 0.25) is 0 Å². The van der Waals surface area contributed by atoms with Gasteiger partial charge in [0.1, 0.15) is 0 Å². The van der Waals surface area contributed by atoms with Gasteiger partial charge in [0.25, 0.3) is 0 Å². The number of carbonyl (C=O) groups is 1. The molecule has 0 unspecified atom stereocenters. The molecule has 8 bridgehead atoms. The van der Waals surface area contributed by atoms with Gasteiger partial charge in [0.2, 0.25) is 0 Å². The molecule has 2 aliphatic heterocycles. The first-order valence-electron chi connectivity index (χ1n) is 21.5. The zero-order valence-corrected chi connectivity index (χ0v) is 42.8. The molecule has 0 amide bonds. The summed E-state index contributed by atoms with van der Waals surface area (Å²) in [5, 5.41) is 12.0. The van der Waals surface area contributed by atoms with Crippen molar-refractivity contribution in [2.75, 3.05) is 0 Å². The summed E-state index contributed by atoms with van der Waals surface area (Å²) in [5.41, 5.74) is 10.3. The van der Waals surface area contributed by atoms with E-state index in [9.17, 15) is 4.79 Å². The first-order valence-corrected chi connectivity index (χ1v) is 21.5. The molecule has 10 nitrogen and oxygen atoms in total. The van der Waals surface area contributed by atoms with Crippen molar-refractivity contribution in [3.05, 3.63) is 107 Å². The van der Waals surface area contributed by atoms with Crippen LogP contribution in [-0.4, -0.2) is 66.6 Å². The fourth-order valence-electron chi connectivity index (χ4n) is 7.82. The summed E-state index contributed by atoms with van der Waals surface area (Å²) in [7, 11) is 0. The number of hydrogen-bond donors (Lipinski definition) is 1. The van der Waals surface area contributed by atoms with Crippen LogP contribution in [0, 0.1) is 0 Å². The van der Waals surface area contributed by atoms with Crippen LogP contribution < -0.4 is 9.97 Å². The molecule has 0 saturated heterocycles. The van der Waals surface area contributed by atoms with E-state index in [2.05, 4.69) is 156 Å². The molecule has 64 heavy (non-hydrogen) atoms. The predicted molar refractivity (Wildman–Crippen MR) is 262 cm³/mol. The zero-order valence-electron chi connectivity index (χ0n) is 39.5. The quantitative estimate of drug-likeness (QED) is 0.125. The Kier molecular flexibility index (Phi) is 11.9. The van der Waals surface area contributed by atoms with E-state index in [-0.39, 0.29) is 59.0 Å². The van der Waals surface area contributed by atoms with Crippen LogP contribution in [0.5, 0.6) is 0 Å². The van der Waals surface area contributed by atoms with E-state index in [0.717, 1.165) is 43.8 Å². The maximum absolute atomic E-state index is 10.0. The number of ketones is 1. The topological polar surface area (TPSA) is 143 Å². The Balaban J connectivity index is 0.000000709. The van der Waals surface area contributed by atoms with Gasteiger partial charge < -0.3 is 35.0 Å². The maximum atomic E-state index is 10.0. The van der Waals surface area contributed by atoms with Gasteiger partial charge in [-0.25, -0.2) is 9.97 Å². The van der Waals surface area contributed by atoms with Crippen LogP contribution in [0.4, 0.5) is 0 Å². The number of aliphatic hydroxyl groups is 1. The van der Waals surface area contributed by atoms with Gasteiger partial charge in [-0.15, -0.1) is 0 Å². The van der Waals surface area contributed by atoms with Gasteiger partial charge in [-0.3, -0.25) is 4.79 Å². The molecule has 3 radical (unpaired) electrons. The normalized spacial score (nSPS) is 12.9. The van der Waals surface area contributed by atoms with Gasteiger partial charge in [0, 0.05) is 76.8 Å². The maximum Gasteiger partial charge on any atom is 0.155 e. The number of allylic oxidation sites excluding steroid dienone is 2. The Labute approximate surface area is 394 Å². The Hall–Kier alpha value is -5.68. The molecule has 0 fully saturated rings. The summed E-state index contributed by atoms with van der Waals surface area (Å²) in [4.78, 5) is 51.6. The minimum atomic E-state index is -0.125. The summed E-state index contributed by atoms with van der Waals surface area (Å²) >= 11 is 0. The van der Waals surface area contributed by atoms with E-state index in [1.54, 1.807) is 0 Å². The molecule has 11 heteroatoms. The third-order valence-electron chi connectivity index (χ3n) is 11.6. The number of benzene rings is 4. The monoisotopic (exact) mass is 951 g/mol. The molecule has 0 atom stereocenters. The molecule has 0 saturated carbocycles. The SMILES string of the molecule is CC(=O)/C=C(\C)O.CC(C)(C)c1ccc2c(c1)-c1nc-2nc2[n-]c(nc3nc(nc4[n-]c(n1)c1ccc(C(C)(C)C)cc41)-c1ccc(C(C)(C)C)cc1-3)c1ccc(C(C)(C)C)cc21.[In]. The smallest absolute Gasteiger partial charge is 0.155 e. The molecule has 5 heterocycles. The summed E-state index contributed by atoms with van der Waals surface area (Å²) < 4.78 is 0. The number of rotatable bonds is 1. The average molecular weight is 952 g/mol. The minimum Gasteiger partial charge on any atom is -0.512 e. The summed E-state index contributed by atoms with van der Waals surface area (Å²) in [5.74, 6) is 2.18. The van der Waals surface area contributed by atoms with Gasteiger partial charge in [0.15, 0.2) is 5.78 Å². The zero-order chi connectivity index (χ0) is 45.6. The molecular weight excluding hydrogens is 895 g/mol. The Bertz CT molecular complexity index is 3010. The van der Waals surface area contributed by atoms with Gasteiger partial charge in [0.05, 0.1) is 29.1 Å². The summed E-state index contributed by atoms with van der Waals surface area (Å²) in [6.07, 6.45) is 1.17. The molecule has 7 aromatic rings. The number of hydrogen-bond acceptors (Lipinski definition) is 8. The van der Waals surface area contributed by atoms with E-state index in [1.165, 1.54) is 42.2 Å². The van der Waals surface area contributed by atoms with E-state index in [1.807, 2.05) is 0 Å². The minimum absolute atomic E-state index is 0. The van der Waals surface area contributed by atoms with Gasteiger partial charge in [-0.1, -0.05) is 132 Å². The number of aromatic nitrogens is 8. The fourth-order valence-corrected chi connectivity index (χ4v) is 7.82. The van der Waals surface area contributed by atoms with Crippen LogP contribution in [0.1, 0.15) is 119 Å². The van der Waals surface area contributed by atoms with E-state index < -0.39 is 0 Å². The third kappa shape index (κ3) is 9.01. The molecule has 3 aromatic heterocycles. The van der Waals surface area contributed by atoms with Crippen molar-refractivity contribution in [1.82, 2.24) is 39.9 Å². The molecule has 0 aliphatic carbocycles. The van der Waals surface area contributed by atoms with Crippen molar-refractivity contribution in [3.8, 4) is 45.6 Å². The van der Waals surface area contributed by atoms with Gasteiger partial charge in [-0.05, 0) is 104 Å². The fraction of sp³-hybridized carbons (Fsp3) is 0.340. The predicted octanol–water partition coefficient (Wildman–Crippen LogP) is 12.0. The molecule has 0 spiro atoms. The molecule has 9 rings (SSSR count). The first kappa shape index (κ1) is 46.3. The average Bonchev–Trinajstić information content (AvgIpc) is 3.90. The largest absolute Gasteiger partial charge is 0.512 e. The number of fused-ring (bicyclic) bond motifs is 20. The van der Waals surface area contributed by atoms with Crippen molar-refractivity contribution < 1.29 is 9.90 Å². The molecule has 1 N–H and O–H groups in total. The van der Waals surface area contributed by atoms with Crippen LogP contribution in [0.25, 0.3) is 89.7 Å². The van der Waals surface area contributed by atoms with Crippen LogP contribution >= 0.6 is 0 Å². The number of nitrogens with zero attached hydrogens (tertiary/aromatic N) is 8. The second-order valence-electron chi connectivity index (χ2n) is 20.9. The molecular formula is C53H56InN8O2-2. The van der Waals surface area contributed by atoms with Gasteiger partial charge in [-0.2, -0.15) is 0 Å². The van der Waals surface area contributed by atoms with E-state index in [4.69, 9.17) is 45.0 Å². The number of aliphatic hydroxyl groups excluding tert-OH is 1. The Morgan fingerprint density at radius 3 is 1.03 bits per heavy atom. The van der Waals surface area contributed by atoms with E-state index in [0.29, 0.717) is 45.9 Å². The summed E-state index contributed by atoms with van der Waals surface area (Å²) in [6, 6.07) is 25.9. The molecule has 4 aromatic carbocycles. The van der Waals surface area contributed by atoms with Crippen LogP contribution in [0.3, 0.4) is 0 Å². The molecule has 2 aliphatic rings. The third-order valence-corrected chi connectivity index (χ3v) is 11.6. The Morgan fingerprint density at radius 2 is 0.734 bits per heavy atom. The number of carbonyl (C=O) groups excluding carboxylic acids is 1. The van der Waals surface area contributed by atoms with Crippen LogP contribution in [0.15, 0.2) is 84.6 Å². The van der Waals surface area contributed by atoms with Crippen molar-refractivity contribution in [2.45, 2.75) is 119 Å². The summed E-state index contributed by atoms with van der Waals surface area (Å²) in [6.45, 7) is 29.5. The van der Waals surface area contributed by atoms with Crippen molar-refractivity contribution >= 4 is 75.8 Å². The van der Waals surface area contributed by atoms with Gasteiger partial charge >= 0.3 is 0 Å². The van der Waals surface area contributed by atoms with Crippen molar-refractivity contribution in [3.63, 3.8) is 0 Å². The van der Waals surface area contributed by atoms with E-state index >= 15 is 0 Å². The first-order chi connectivity index (χ1) is 29.3. The standard InChI is InChI=1S/C48H48N8.C5H8O2.In/c1-45(2,3)25-13-17-29-33(21-25)41-49-37(29)54-42-35-23-27(47(7,8)9)15-19-31(35)39(51-42)56-44-36-24-28(48(10,11)12)16-20-32(36)40(52-44)55-43-34-22-26(46(4,5)6)14-18-30(34)38(50-43)53-41;1-4(6)3-5(2)7;/h13-24H,1-12H3;3,6H,1-2H3;/q-2;;/b;4-3+;. The van der Waals surface area contributed by atoms with Crippen molar-refractivity contribution in [1.29, 1.82) is 0 Å². The second kappa shape index (κ2) is 16.4.